The fourth-order valence-electron chi connectivity index (χ4n) is 2.54. The molecule has 0 radical (unpaired) electrons. The van der Waals surface area contributed by atoms with Crippen molar-refractivity contribution in [1.29, 1.82) is 0 Å². The second-order valence-corrected chi connectivity index (χ2v) is 6.58. The Balaban J connectivity index is 1.91. The predicted molar refractivity (Wildman–Crippen MR) is 91.0 cm³/mol. The largest absolute Gasteiger partial charge is 0.275 e. The maximum absolute atomic E-state index is 12.8. The third-order valence-corrected chi connectivity index (χ3v) is 5.30. The zero-order chi connectivity index (χ0) is 15.3. The molecule has 5 heteroatoms. The van der Waals surface area contributed by atoms with Gasteiger partial charge in [-0.2, -0.15) is 0 Å². The minimum Gasteiger partial charge on any atom is -0.267 e. The molecule has 4 aromatic rings. The van der Waals surface area contributed by atoms with Crippen LogP contribution < -0.4 is 0 Å². The summed E-state index contributed by atoms with van der Waals surface area (Å²) in [5.41, 5.74) is 2.73. The van der Waals surface area contributed by atoms with Gasteiger partial charge in [-0.1, -0.05) is 35.9 Å². The average molecular weight is 327 g/mol. The third-order valence-electron chi connectivity index (χ3n) is 3.65. The molecule has 3 nitrogen and oxygen atoms in total. The summed E-state index contributed by atoms with van der Waals surface area (Å²) in [6.07, 6.45) is 1.55. The summed E-state index contributed by atoms with van der Waals surface area (Å²) in [5, 5.41) is 1.44. The Kier molecular flexibility index (Phi) is 3.03. The molecule has 4 rings (SSSR count). The van der Waals surface area contributed by atoms with E-state index >= 15 is 0 Å². The van der Waals surface area contributed by atoms with E-state index in [4.69, 9.17) is 11.6 Å². The molecule has 0 fully saturated rings. The van der Waals surface area contributed by atoms with Crippen LogP contribution in [0.1, 0.15) is 15.2 Å². The first-order valence-electron chi connectivity index (χ1n) is 6.80. The highest BCUT2D eigenvalue weighted by Crippen LogP contribution is 2.36. The Morgan fingerprint density at radius 2 is 2.05 bits per heavy atom. The Hall–Kier alpha value is -2.17. The summed E-state index contributed by atoms with van der Waals surface area (Å²) in [6.45, 7) is 2.03. The molecule has 0 atom stereocenters. The van der Waals surface area contributed by atoms with Crippen molar-refractivity contribution in [1.82, 2.24) is 9.55 Å². The number of benzene rings is 2. The normalized spacial score (nSPS) is 11.4. The van der Waals surface area contributed by atoms with Crippen LogP contribution in [0.4, 0.5) is 0 Å². The van der Waals surface area contributed by atoms with Crippen LogP contribution in [0.15, 0.2) is 48.8 Å². The molecule has 0 aliphatic rings. The average Bonchev–Trinajstić information content (AvgIpc) is 3.08. The molecule has 0 aliphatic carbocycles. The van der Waals surface area contributed by atoms with E-state index in [0.29, 0.717) is 9.90 Å². The molecular formula is C17H11ClN2OS. The Labute approximate surface area is 135 Å². The number of hydrogen-bond acceptors (Lipinski definition) is 3. The molecule has 2 aromatic carbocycles. The number of imidazole rings is 1. The number of fused-ring (bicyclic) bond motifs is 2. The van der Waals surface area contributed by atoms with E-state index in [0.717, 1.165) is 26.7 Å². The number of thiophene rings is 1. The second-order valence-electron chi connectivity index (χ2n) is 5.15. The van der Waals surface area contributed by atoms with Gasteiger partial charge >= 0.3 is 0 Å². The topological polar surface area (TPSA) is 34.9 Å². The van der Waals surface area contributed by atoms with E-state index in [9.17, 15) is 4.79 Å². The summed E-state index contributed by atoms with van der Waals surface area (Å²) in [4.78, 5) is 17.7. The van der Waals surface area contributed by atoms with Gasteiger partial charge < -0.3 is 0 Å². The SMILES string of the molecule is Cc1ccc2c(Cl)c(C(=O)n3cnc4ccccc43)sc2c1. The highest BCUT2D eigenvalue weighted by atomic mass is 35.5. The van der Waals surface area contributed by atoms with Gasteiger partial charge in [0.2, 0.25) is 0 Å². The van der Waals surface area contributed by atoms with Crippen LogP contribution in [0, 0.1) is 6.92 Å². The molecule has 0 saturated carbocycles. The van der Waals surface area contributed by atoms with Crippen LogP contribution in [-0.4, -0.2) is 15.5 Å². The fraction of sp³-hybridized carbons (Fsp3) is 0.0588. The smallest absolute Gasteiger partial charge is 0.267 e. The van der Waals surface area contributed by atoms with Gasteiger partial charge in [0.1, 0.15) is 11.2 Å². The van der Waals surface area contributed by atoms with Crippen molar-refractivity contribution in [3.63, 3.8) is 0 Å². The van der Waals surface area contributed by atoms with Gasteiger partial charge in [0.15, 0.2) is 0 Å². The Morgan fingerprint density at radius 3 is 2.91 bits per heavy atom. The van der Waals surface area contributed by atoms with Crippen molar-refractivity contribution in [2.45, 2.75) is 6.92 Å². The number of aromatic nitrogens is 2. The molecule has 0 N–H and O–H groups in total. The van der Waals surface area contributed by atoms with E-state index in [1.165, 1.54) is 11.3 Å². The van der Waals surface area contributed by atoms with E-state index in [-0.39, 0.29) is 5.91 Å². The maximum Gasteiger partial charge on any atom is 0.275 e. The summed E-state index contributed by atoms with van der Waals surface area (Å²) < 4.78 is 2.58. The van der Waals surface area contributed by atoms with Gasteiger partial charge in [-0.25, -0.2) is 4.98 Å². The van der Waals surface area contributed by atoms with Crippen molar-refractivity contribution >= 4 is 50.0 Å². The maximum atomic E-state index is 12.8. The number of carbonyl (C=O) groups is 1. The highest BCUT2D eigenvalue weighted by Gasteiger charge is 2.20. The lowest BCUT2D eigenvalue weighted by Gasteiger charge is -2.01. The van der Waals surface area contributed by atoms with Crippen LogP contribution >= 0.6 is 22.9 Å². The molecule has 22 heavy (non-hydrogen) atoms. The number of halogens is 1. The van der Waals surface area contributed by atoms with Crippen molar-refractivity contribution in [3.05, 3.63) is 64.3 Å². The van der Waals surface area contributed by atoms with Crippen LogP contribution in [-0.2, 0) is 0 Å². The van der Waals surface area contributed by atoms with Gasteiger partial charge in [-0.3, -0.25) is 9.36 Å². The van der Waals surface area contributed by atoms with Gasteiger partial charge in [0, 0.05) is 10.1 Å². The van der Waals surface area contributed by atoms with Gasteiger partial charge in [-0.15, -0.1) is 11.3 Å². The minimum absolute atomic E-state index is 0.141. The molecule has 0 aliphatic heterocycles. The Bertz CT molecular complexity index is 1030. The van der Waals surface area contributed by atoms with Crippen LogP contribution in [0.5, 0.6) is 0 Å². The van der Waals surface area contributed by atoms with E-state index in [1.54, 1.807) is 10.9 Å². The molecule has 0 unspecified atom stereocenters. The summed E-state index contributed by atoms with van der Waals surface area (Å²) in [7, 11) is 0. The van der Waals surface area contributed by atoms with E-state index in [2.05, 4.69) is 11.1 Å². The quantitative estimate of drug-likeness (QED) is 0.498. The molecule has 0 bridgehead atoms. The predicted octanol–water partition coefficient (Wildman–Crippen LogP) is 4.90. The molecule has 0 saturated heterocycles. The van der Waals surface area contributed by atoms with Crippen molar-refractivity contribution in [3.8, 4) is 0 Å². The molecule has 108 valence electrons. The lowest BCUT2D eigenvalue weighted by Crippen LogP contribution is -2.09. The van der Waals surface area contributed by atoms with Crippen LogP contribution in [0.2, 0.25) is 5.02 Å². The number of carbonyl (C=O) groups excluding carboxylic acids is 1. The number of nitrogens with zero attached hydrogens (tertiary/aromatic N) is 2. The molecule has 2 aromatic heterocycles. The monoisotopic (exact) mass is 326 g/mol. The number of aryl methyl sites for hydroxylation is 1. The minimum atomic E-state index is -0.141. The zero-order valence-electron chi connectivity index (χ0n) is 11.7. The number of rotatable bonds is 1. The lowest BCUT2D eigenvalue weighted by atomic mass is 10.2. The first kappa shape index (κ1) is 13.5. The summed E-state index contributed by atoms with van der Waals surface area (Å²) >= 11 is 7.85. The van der Waals surface area contributed by atoms with E-state index in [1.807, 2.05) is 43.3 Å². The number of hydrogen-bond donors (Lipinski definition) is 0. The molecule has 0 spiro atoms. The van der Waals surface area contributed by atoms with Gasteiger partial charge in [-0.05, 0) is 30.7 Å². The standard InChI is InChI=1S/C17H11ClN2OS/c1-10-6-7-11-14(8-10)22-16(15(11)18)17(21)20-9-19-12-4-2-3-5-13(12)20/h2-9H,1H3. The fourth-order valence-corrected chi connectivity index (χ4v) is 4.09. The molecule has 0 amide bonds. The number of para-hydroxylation sites is 2. The molecular weight excluding hydrogens is 316 g/mol. The lowest BCUT2D eigenvalue weighted by molar-refractivity contribution is 0.0968. The van der Waals surface area contributed by atoms with Gasteiger partial charge in [0.25, 0.3) is 5.91 Å². The summed E-state index contributed by atoms with van der Waals surface area (Å²) in [5.74, 6) is -0.141. The van der Waals surface area contributed by atoms with Crippen LogP contribution in [0.3, 0.4) is 0 Å². The van der Waals surface area contributed by atoms with Crippen molar-refractivity contribution < 1.29 is 4.79 Å². The van der Waals surface area contributed by atoms with Crippen molar-refractivity contribution in [2.24, 2.45) is 0 Å². The first-order chi connectivity index (χ1) is 10.6. The molecule has 2 heterocycles. The van der Waals surface area contributed by atoms with Crippen molar-refractivity contribution in [2.75, 3.05) is 0 Å². The highest BCUT2D eigenvalue weighted by molar-refractivity contribution is 7.21. The van der Waals surface area contributed by atoms with Gasteiger partial charge in [0.05, 0.1) is 16.1 Å². The first-order valence-corrected chi connectivity index (χ1v) is 8.00. The Morgan fingerprint density at radius 1 is 1.23 bits per heavy atom. The zero-order valence-corrected chi connectivity index (χ0v) is 13.3. The second kappa shape index (κ2) is 4.93. The summed E-state index contributed by atoms with van der Waals surface area (Å²) in [6, 6.07) is 13.6. The third kappa shape index (κ3) is 1.95. The van der Waals surface area contributed by atoms with E-state index < -0.39 is 0 Å². The van der Waals surface area contributed by atoms with Crippen LogP contribution in [0.25, 0.3) is 21.1 Å².